The highest BCUT2D eigenvalue weighted by Gasteiger charge is 2.15. The first kappa shape index (κ1) is 14.3. The molecule has 1 aromatic rings. The summed E-state index contributed by atoms with van der Waals surface area (Å²) in [6, 6.07) is 5.81. The summed E-state index contributed by atoms with van der Waals surface area (Å²) >= 11 is 5.95. The van der Waals surface area contributed by atoms with Crippen LogP contribution in [-0.4, -0.2) is 27.4 Å². The normalized spacial score (nSPS) is 12.5. The minimum atomic E-state index is 0.132. The fourth-order valence-electron chi connectivity index (χ4n) is 1.72. The molecule has 0 aliphatic heterocycles. The lowest BCUT2D eigenvalue weighted by molar-refractivity contribution is 0.165. The molecule has 1 rings (SSSR count). The zero-order chi connectivity index (χ0) is 12.7. The molecule has 0 amide bonds. The minimum absolute atomic E-state index is 0.132. The molecule has 1 N–H and O–H groups in total. The highest BCUT2D eigenvalue weighted by atomic mass is 35.5. The van der Waals surface area contributed by atoms with Gasteiger partial charge in [0.05, 0.1) is 19.8 Å². The summed E-state index contributed by atoms with van der Waals surface area (Å²) in [5.74, 6) is 0.795. The molecule has 0 fully saturated rings. The Hall–Kier alpha value is -0.770. The molecule has 0 heterocycles. The molecule has 0 aliphatic rings. The van der Waals surface area contributed by atoms with Crippen molar-refractivity contribution >= 4 is 11.6 Å². The molecule has 0 saturated carbocycles. The van der Waals surface area contributed by atoms with Crippen LogP contribution in [0, 0.1) is 0 Å². The van der Waals surface area contributed by atoms with Crippen molar-refractivity contribution in [2.75, 3.05) is 27.4 Å². The maximum atomic E-state index is 5.95. The third-order valence-corrected chi connectivity index (χ3v) is 2.78. The molecule has 1 aromatic carbocycles. The van der Waals surface area contributed by atoms with E-state index < -0.39 is 0 Å². The van der Waals surface area contributed by atoms with E-state index in [2.05, 4.69) is 12.2 Å². The Labute approximate surface area is 108 Å². The van der Waals surface area contributed by atoms with E-state index in [1.165, 1.54) is 0 Å². The lowest BCUT2D eigenvalue weighted by Gasteiger charge is -2.20. The number of rotatable bonds is 7. The standard InChI is InChI=1S/C13H20ClNO2/c1-4-7-15-12(9-16-2)11-6-5-10(14)8-13(11)17-3/h5-6,8,12,15H,4,7,9H2,1-3H3. The van der Waals surface area contributed by atoms with Gasteiger partial charge >= 0.3 is 0 Å². The Bertz CT molecular complexity index is 344. The second-order valence-corrected chi connectivity index (χ2v) is 4.28. The van der Waals surface area contributed by atoms with Crippen LogP contribution >= 0.6 is 11.6 Å². The van der Waals surface area contributed by atoms with Gasteiger partial charge in [-0.3, -0.25) is 0 Å². The van der Waals surface area contributed by atoms with Crippen LogP contribution in [0.4, 0.5) is 0 Å². The van der Waals surface area contributed by atoms with E-state index in [1.54, 1.807) is 14.2 Å². The summed E-state index contributed by atoms with van der Waals surface area (Å²) < 4.78 is 10.6. The van der Waals surface area contributed by atoms with E-state index in [4.69, 9.17) is 21.1 Å². The van der Waals surface area contributed by atoms with Crippen molar-refractivity contribution in [2.45, 2.75) is 19.4 Å². The van der Waals surface area contributed by atoms with Crippen molar-refractivity contribution in [1.82, 2.24) is 5.32 Å². The average molecular weight is 258 g/mol. The number of nitrogens with one attached hydrogen (secondary N) is 1. The topological polar surface area (TPSA) is 30.5 Å². The predicted molar refractivity (Wildman–Crippen MR) is 70.9 cm³/mol. The molecule has 0 radical (unpaired) electrons. The van der Waals surface area contributed by atoms with Crippen molar-refractivity contribution in [3.05, 3.63) is 28.8 Å². The van der Waals surface area contributed by atoms with E-state index in [0.717, 1.165) is 24.3 Å². The van der Waals surface area contributed by atoms with Gasteiger partial charge in [0.1, 0.15) is 5.75 Å². The van der Waals surface area contributed by atoms with Crippen LogP contribution in [0.5, 0.6) is 5.75 Å². The van der Waals surface area contributed by atoms with Crippen molar-refractivity contribution < 1.29 is 9.47 Å². The maximum Gasteiger partial charge on any atom is 0.125 e. The molecular formula is C13H20ClNO2. The number of methoxy groups -OCH3 is 2. The van der Waals surface area contributed by atoms with Crippen LogP contribution in [0.2, 0.25) is 5.02 Å². The second-order valence-electron chi connectivity index (χ2n) is 3.85. The number of halogens is 1. The largest absolute Gasteiger partial charge is 0.496 e. The smallest absolute Gasteiger partial charge is 0.125 e. The van der Waals surface area contributed by atoms with Gasteiger partial charge in [0, 0.05) is 17.7 Å². The lowest BCUT2D eigenvalue weighted by Crippen LogP contribution is -2.26. The minimum Gasteiger partial charge on any atom is -0.496 e. The number of benzene rings is 1. The summed E-state index contributed by atoms with van der Waals surface area (Å²) in [4.78, 5) is 0. The molecule has 0 bridgehead atoms. The van der Waals surface area contributed by atoms with Crippen molar-refractivity contribution in [3.63, 3.8) is 0 Å². The highest BCUT2D eigenvalue weighted by Crippen LogP contribution is 2.28. The van der Waals surface area contributed by atoms with E-state index in [-0.39, 0.29) is 6.04 Å². The van der Waals surface area contributed by atoms with Gasteiger partial charge in [-0.15, -0.1) is 0 Å². The van der Waals surface area contributed by atoms with Gasteiger partial charge in [0.2, 0.25) is 0 Å². The lowest BCUT2D eigenvalue weighted by atomic mass is 10.1. The molecule has 0 saturated heterocycles. The molecule has 3 nitrogen and oxygen atoms in total. The fourth-order valence-corrected chi connectivity index (χ4v) is 1.88. The third-order valence-electron chi connectivity index (χ3n) is 2.55. The van der Waals surface area contributed by atoms with E-state index in [1.807, 2.05) is 18.2 Å². The molecule has 1 unspecified atom stereocenters. The zero-order valence-electron chi connectivity index (χ0n) is 10.6. The van der Waals surface area contributed by atoms with Crippen LogP contribution in [0.3, 0.4) is 0 Å². The first-order valence-electron chi connectivity index (χ1n) is 5.78. The summed E-state index contributed by atoms with van der Waals surface area (Å²) in [6.45, 7) is 3.69. The molecule has 0 spiro atoms. The fraction of sp³-hybridized carbons (Fsp3) is 0.538. The molecule has 0 aliphatic carbocycles. The van der Waals surface area contributed by atoms with Gasteiger partial charge in [-0.2, -0.15) is 0 Å². The second kappa shape index (κ2) is 7.54. The van der Waals surface area contributed by atoms with Crippen LogP contribution in [0.25, 0.3) is 0 Å². The summed E-state index contributed by atoms with van der Waals surface area (Å²) in [7, 11) is 3.35. The van der Waals surface area contributed by atoms with Crippen LogP contribution in [0.15, 0.2) is 18.2 Å². The number of ether oxygens (including phenoxy) is 2. The predicted octanol–water partition coefficient (Wildman–Crippen LogP) is 3.04. The van der Waals surface area contributed by atoms with Crippen molar-refractivity contribution in [3.8, 4) is 5.75 Å². The molecule has 96 valence electrons. The van der Waals surface area contributed by atoms with Gasteiger partial charge in [-0.25, -0.2) is 0 Å². The van der Waals surface area contributed by atoms with Crippen LogP contribution in [-0.2, 0) is 4.74 Å². The Morgan fingerprint density at radius 2 is 2.12 bits per heavy atom. The quantitative estimate of drug-likeness (QED) is 0.815. The molecule has 0 aromatic heterocycles. The number of hydrogen-bond donors (Lipinski definition) is 1. The van der Waals surface area contributed by atoms with Crippen LogP contribution in [0.1, 0.15) is 24.9 Å². The van der Waals surface area contributed by atoms with E-state index in [0.29, 0.717) is 11.6 Å². The van der Waals surface area contributed by atoms with Gasteiger partial charge < -0.3 is 14.8 Å². The van der Waals surface area contributed by atoms with Crippen LogP contribution < -0.4 is 10.1 Å². The highest BCUT2D eigenvalue weighted by molar-refractivity contribution is 6.30. The van der Waals surface area contributed by atoms with Crippen molar-refractivity contribution in [1.29, 1.82) is 0 Å². The maximum absolute atomic E-state index is 5.95. The zero-order valence-corrected chi connectivity index (χ0v) is 11.4. The van der Waals surface area contributed by atoms with Gasteiger partial charge in [-0.1, -0.05) is 24.6 Å². The summed E-state index contributed by atoms with van der Waals surface area (Å²) in [6.07, 6.45) is 1.08. The monoisotopic (exact) mass is 257 g/mol. The Kier molecular flexibility index (Phi) is 6.34. The first-order valence-corrected chi connectivity index (χ1v) is 6.16. The average Bonchev–Trinajstić information content (AvgIpc) is 2.34. The first-order chi connectivity index (χ1) is 8.22. The summed E-state index contributed by atoms with van der Waals surface area (Å²) in [5.41, 5.74) is 1.08. The number of hydrogen-bond acceptors (Lipinski definition) is 3. The van der Waals surface area contributed by atoms with E-state index in [9.17, 15) is 0 Å². The Morgan fingerprint density at radius 3 is 2.71 bits per heavy atom. The third kappa shape index (κ3) is 4.19. The molecule has 17 heavy (non-hydrogen) atoms. The summed E-state index contributed by atoms with van der Waals surface area (Å²) in [5, 5.41) is 4.11. The van der Waals surface area contributed by atoms with Gasteiger partial charge in [0.15, 0.2) is 0 Å². The van der Waals surface area contributed by atoms with Gasteiger partial charge in [-0.05, 0) is 25.1 Å². The molecular weight excluding hydrogens is 238 g/mol. The Balaban J connectivity index is 2.91. The van der Waals surface area contributed by atoms with E-state index >= 15 is 0 Å². The molecule has 1 atom stereocenters. The van der Waals surface area contributed by atoms with Gasteiger partial charge in [0.25, 0.3) is 0 Å². The Morgan fingerprint density at radius 1 is 1.35 bits per heavy atom. The SMILES string of the molecule is CCCNC(COC)c1ccc(Cl)cc1OC. The molecule has 4 heteroatoms. The van der Waals surface area contributed by atoms with Crippen molar-refractivity contribution in [2.24, 2.45) is 0 Å².